The number of carboxylic acids is 1. The molecule has 2 nitrogen and oxygen atoms in total. The van der Waals surface area contributed by atoms with Crippen LogP contribution in [0.3, 0.4) is 0 Å². The second-order valence-electron chi connectivity index (χ2n) is 5.47. The number of carbonyl (C=O) groups is 1. The fraction of sp³-hybridized carbons (Fsp3) is 0.409. The Morgan fingerprint density at radius 3 is 1.54 bits per heavy atom. The quantitative estimate of drug-likeness (QED) is 0.273. The van der Waals surface area contributed by atoms with Crippen LogP contribution in [0.5, 0.6) is 0 Å². The average Bonchev–Trinajstić information content (AvgIpc) is 2.56. The molecular weight excluding hydrogens is 296 g/mol. The normalized spacial score (nSPS) is 12.5. The van der Waals surface area contributed by atoms with Crippen molar-refractivity contribution in [3.05, 3.63) is 73.4 Å². The van der Waals surface area contributed by atoms with Gasteiger partial charge in [0.2, 0.25) is 0 Å². The van der Waals surface area contributed by atoms with Gasteiger partial charge in [0.1, 0.15) is 0 Å². The van der Waals surface area contributed by atoms with Crippen LogP contribution in [0.4, 0.5) is 0 Å². The lowest BCUT2D eigenvalue weighted by Crippen LogP contribution is -1.89. The maximum atomic E-state index is 10.3. The zero-order valence-corrected chi connectivity index (χ0v) is 14.8. The highest BCUT2D eigenvalue weighted by Crippen LogP contribution is 2.03. The molecule has 0 fully saturated rings. The summed E-state index contributed by atoms with van der Waals surface area (Å²) in [5, 5.41) is 8.48. The van der Waals surface area contributed by atoms with Gasteiger partial charge in [0.15, 0.2) is 0 Å². The van der Waals surface area contributed by atoms with E-state index in [1.165, 1.54) is 0 Å². The highest BCUT2D eigenvalue weighted by atomic mass is 16.4. The van der Waals surface area contributed by atoms with Crippen molar-refractivity contribution >= 4 is 5.97 Å². The second kappa shape index (κ2) is 19.0. The van der Waals surface area contributed by atoms with E-state index in [2.05, 4.69) is 55.2 Å². The minimum atomic E-state index is -0.766. The van der Waals surface area contributed by atoms with E-state index in [4.69, 9.17) is 5.11 Å². The Kier molecular flexibility index (Phi) is 17.3. The molecule has 0 rings (SSSR count). The first-order valence-electron chi connectivity index (χ1n) is 8.85. The Bertz CT molecular complexity index is 451. The number of hydrogen-bond donors (Lipinski definition) is 1. The van der Waals surface area contributed by atoms with Gasteiger partial charge in [-0.2, -0.15) is 0 Å². The van der Waals surface area contributed by atoms with Crippen molar-refractivity contribution in [2.45, 2.75) is 57.8 Å². The molecule has 0 radical (unpaired) electrons. The van der Waals surface area contributed by atoms with Gasteiger partial charge in [-0.1, -0.05) is 66.8 Å². The minimum absolute atomic E-state index is 0.132. The summed E-state index contributed by atoms with van der Waals surface area (Å²) in [6.07, 6.45) is 31.5. The van der Waals surface area contributed by atoms with Crippen LogP contribution in [0.2, 0.25) is 0 Å². The number of hydrogen-bond acceptors (Lipinski definition) is 1. The van der Waals surface area contributed by atoms with E-state index in [0.29, 0.717) is 0 Å². The molecule has 1 N–H and O–H groups in total. The standard InChI is InChI=1S/C22H32O2/c1-2-3-4-5-6-7-8-9-10-11-12-13-14-15-16-17-18-19-20-21-22(23)24/h2,4-5,7-8,10-11,13-14,19-20H,1,3,6,9,12,15-18,21H2,(H,23,24)/b5-4-,8-7-,11-10-,14-13-,20-19-. The number of aliphatic carboxylic acids is 1. The molecule has 0 amide bonds. The van der Waals surface area contributed by atoms with E-state index in [-0.39, 0.29) is 6.42 Å². The zero-order valence-electron chi connectivity index (χ0n) is 14.8. The van der Waals surface area contributed by atoms with E-state index in [0.717, 1.165) is 51.4 Å². The Morgan fingerprint density at radius 1 is 0.667 bits per heavy atom. The maximum Gasteiger partial charge on any atom is 0.307 e. The van der Waals surface area contributed by atoms with Crippen molar-refractivity contribution in [2.24, 2.45) is 0 Å². The Morgan fingerprint density at radius 2 is 1.08 bits per heavy atom. The molecule has 0 saturated carbocycles. The highest BCUT2D eigenvalue weighted by Gasteiger charge is 1.88. The van der Waals surface area contributed by atoms with Crippen LogP contribution < -0.4 is 0 Å². The van der Waals surface area contributed by atoms with E-state index in [1.807, 2.05) is 12.2 Å². The molecule has 0 aliphatic carbocycles. The molecule has 0 aromatic carbocycles. The lowest BCUT2D eigenvalue weighted by Gasteiger charge is -1.93. The monoisotopic (exact) mass is 328 g/mol. The lowest BCUT2D eigenvalue weighted by atomic mass is 10.1. The fourth-order valence-corrected chi connectivity index (χ4v) is 1.95. The molecule has 0 aliphatic rings. The number of unbranched alkanes of at least 4 members (excludes halogenated alkanes) is 3. The van der Waals surface area contributed by atoms with E-state index < -0.39 is 5.97 Å². The van der Waals surface area contributed by atoms with Crippen LogP contribution in [0, 0.1) is 0 Å². The van der Waals surface area contributed by atoms with Gasteiger partial charge in [0, 0.05) is 0 Å². The minimum Gasteiger partial charge on any atom is -0.481 e. The molecule has 0 aromatic rings. The number of allylic oxidation sites excluding steroid dienone is 10. The summed E-state index contributed by atoms with van der Waals surface area (Å²) in [6.45, 7) is 3.68. The number of rotatable bonds is 15. The predicted octanol–water partition coefficient (Wildman–Crippen LogP) is 6.55. The summed E-state index contributed by atoms with van der Waals surface area (Å²) in [6, 6.07) is 0. The van der Waals surface area contributed by atoms with E-state index in [1.54, 1.807) is 6.08 Å². The molecule has 0 atom stereocenters. The van der Waals surface area contributed by atoms with Gasteiger partial charge in [-0.05, 0) is 51.4 Å². The SMILES string of the molecule is C=CC/C=C\C/C=C\C/C=C\C/C=C\CCCC/C=C\CC(=O)O. The van der Waals surface area contributed by atoms with Crippen molar-refractivity contribution in [1.29, 1.82) is 0 Å². The molecule has 0 unspecified atom stereocenters. The van der Waals surface area contributed by atoms with Crippen LogP contribution in [0.25, 0.3) is 0 Å². The van der Waals surface area contributed by atoms with Gasteiger partial charge < -0.3 is 5.11 Å². The number of carboxylic acid groups (broad SMARTS) is 1. The van der Waals surface area contributed by atoms with Crippen molar-refractivity contribution < 1.29 is 9.90 Å². The van der Waals surface area contributed by atoms with Crippen molar-refractivity contribution in [2.75, 3.05) is 0 Å². The summed E-state index contributed by atoms with van der Waals surface area (Å²) in [4.78, 5) is 10.3. The van der Waals surface area contributed by atoms with E-state index >= 15 is 0 Å². The van der Waals surface area contributed by atoms with Gasteiger partial charge in [-0.15, -0.1) is 6.58 Å². The molecule has 0 saturated heterocycles. The molecule has 0 spiro atoms. The summed E-state index contributed by atoms with van der Waals surface area (Å²) in [7, 11) is 0. The Labute approximate surface area is 147 Å². The summed E-state index contributed by atoms with van der Waals surface area (Å²) in [5.41, 5.74) is 0. The van der Waals surface area contributed by atoms with Crippen LogP contribution >= 0.6 is 0 Å². The highest BCUT2D eigenvalue weighted by molar-refractivity contribution is 5.68. The molecule has 0 bridgehead atoms. The van der Waals surface area contributed by atoms with Crippen LogP contribution in [0.15, 0.2) is 73.4 Å². The van der Waals surface area contributed by atoms with Gasteiger partial charge in [0.25, 0.3) is 0 Å². The van der Waals surface area contributed by atoms with Crippen LogP contribution in [-0.2, 0) is 4.79 Å². The second-order valence-corrected chi connectivity index (χ2v) is 5.47. The molecule has 0 aromatic heterocycles. The van der Waals surface area contributed by atoms with Gasteiger partial charge in [0.05, 0.1) is 6.42 Å². The van der Waals surface area contributed by atoms with Crippen molar-refractivity contribution in [3.8, 4) is 0 Å². The largest absolute Gasteiger partial charge is 0.481 e. The maximum absolute atomic E-state index is 10.3. The first-order chi connectivity index (χ1) is 11.8. The van der Waals surface area contributed by atoms with Crippen molar-refractivity contribution in [1.82, 2.24) is 0 Å². The Balaban J connectivity index is 3.42. The topological polar surface area (TPSA) is 37.3 Å². The molecule has 132 valence electrons. The lowest BCUT2D eigenvalue weighted by molar-refractivity contribution is -0.136. The summed E-state index contributed by atoms with van der Waals surface area (Å²) >= 11 is 0. The van der Waals surface area contributed by atoms with Crippen molar-refractivity contribution in [3.63, 3.8) is 0 Å². The fourth-order valence-electron chi connectivity index (χ4n) is 1.95. The Hall–Kier alpha value is -2.09. The van der Waals surface area contributed by atoms with Gasteiger partial charge in [-0.3, -0.25) is 4.79 Å². The first kappa shape index (κ1) is 21.9. The van der Waals surface area contributed by atoms with Crippen LogP contribution in [-0.4, -0.2) is 11.1 Å². The third kappa shape index (κ3) is 19.9. The molecule has 0 heterocycles. The molecule has 24 heavy (non-hydrogen) atoms. The first-order valence-corrected chi connectivity index (χ1v) is 8.85. The van der Waals surface area contributed by atoms with E-state index in [9.17, 15) is 4.79 Å². The average molecular weight is 328 g/mol. The van der Waals surface area contributed by atoms with Crippen LogP contribution in [0.1, 0.15) is 57.8 Å². The molecule has 0 aliphatic heterocycles. The van der Waals surface area contributed by atoms with Gasteiger partial charge >= 0.3 is 5.97 Å². The predicted molar refractivity (Wildman–Crippen MR) is 105 cm³/mol. The smallest absolute Gasteiger partial charge is 0.307 e. The van der Waals surface area contributed by atoms with Gasteiger partial charge in [-0.25, -0.2) is 0 Å². The molecular formula is C22H32O2. The summed E-state index contributed by atoms with van der Waals surface area (Å²) in [5.74, 6) is -0.766. The zero-order chi connectivity index (χ0) is 17.7. The summed E-state index contributed by atoms with van der Waals surface area (Å²) < 4.78 is 0. The molecule has 2 heteroatoms. The third-order valence-electron chi connectivity index (χ3n) is 3.24. The third-order valence-corrected chi connectivity index (χ3v) is 3.24.